The summed E-state index contributed by atoms with van der Waals surface area (Å²) in [5.74, 6) is 0.102. The van der Waals surface area contributed by atoms with Crippen molar-refractivity contribution in [1.29, 1.82) is 0 Å². The summed E-state index contributed by atoms with van der Waals surface area (Å²) in [5, 5.41) is 17.9. The van der Waals surface area contributed by atoms with Gasteiger partial charge in [0.2, 0.25) is 0 Å². The van der Waals surface area contributed by atoms with Crippen LogP contribution in [0.5, 0.6) is 0 Å². The molecule has 0 radical (unpaired) electrons. The van der Waals surface area contributed by atoms with Gasteiger partial charge in [-0.05, 0) is 35.6 Å². The molecule has 5 heteroatoms. The van der Waals surface area contributed by atoms with Gasteiger partial charge in [0.25, 0.3) is 0 Å². The van der Waals surface area contributed by atoms with Gasteiger partial charge in [-0.25, -0.2) is 4.39 Å². The van der Waals surface area contributed by atoms with Crippen molar-refractivity contribution in [3.05, 3.63) is 59.4 Å². The topological polar surface area (TPSA) is 40.5 Å². The molecule has 0 bridgehead atoms. The lowest BCUT2D eigenvalue weighted by Gasteiger charge is -2.07. The van der Waals surface area contributed by atoms with Crippen LogP contribution in [0.4, 0.5) is 4.39 Å². The summed E-state index contributed by atoms with van der Waals surface area (Å²) in [4.78, 5) is 1.12. The molecule has 2 aromatic carbocycles. The number of hydrogen-bond acceptors (Lipinski definition) is 3. The second kappa shape index (κ2) is 6.24. The Bertz CT molecular complexity index is 575. The highest BCUT2D eigenvalue weighted by Gasteiger charge is 2.13. The van der Waals surface area contributed by atoms with Gasteiger partial charge >= 0.3 is 7.12 Å². The van der Waals surface area contributed by atoms with Crippen LogP contribution in [0.2, 0.25) is 0 Å². The molecule has 2 N–H and O–H groups in total. The van der Waals surface area contributed by atoms with Crippen LogP contribution in [0.15, 0.2) is 47.4 Å². The van der Waals surface area contributed by atoms with Crippen molar-refractivity contribution in [1.82, 2.24) is 0 Å². The van der Waals surface area contributed by atoms with Crippen molar-refractivity contribution >= 4 is 24.3 Å². The molecular weight excluding hydrogens is 262 g/mol. The maximum absolute atomic E-state index is 13.8. The van der Waals surface area contributed by atoms with Gasteiger partial charge in [0.15, 0.2) is 0 Å². The van der Waals surface area contributed by atoms with E-state index in [9.17, 15) is 4.39 Å². The second-order valence-electron chi connectivity index (χ2n) is 4.28. The Labute approximate surface area is 116 Å². The molecule has 0 aliphatic carbocycles. The lowest BCUT2D eigenvalue weighted by molar-refractivity contribution is 0.425. The molecule has 0 atom stereocenters. The molecule has 0 aromatic heterocycles. The first-order chi connectivity index (χ1) is 9.08. The summed E-state index contributed by atoms with van der Waals surface area (Å²) in [6, 6.07) is 12.2. The van der Waals surface area contributed by atoms with Gasteiger partial charge in [-0.2, -0.15) is 0 Å². The van der Waals surface area contributed by atoms with E-state index in [2.05, 4.69) is 0 Å². The zero-order chi connectivity index (χ0) is 13.8. The molecule has 0 saturated carbocycles. The molecule has 2 nitrogen and oxygen atoms in total. The van der Waals surface area contributed by atoms with Crippen molar-refractivity contribution < 1.29 is 14.4 Å². The third-order valence-corrected chi connectivity index (χ3v) is 4.08. The lowest BCUT2D eigenvalue weighted by Crippen LogP contribution is -2.30. The van der Waals surface area contributed by atoms with Gasteiger partial charge in [0, 0.05) is 10.6 Å². The summed E-state index contributed by atoms with van der Waals surface area (Å²) >= 11 is 1.56. The average Bonchev–Trinajstić information content (AvgIpc) is 2.39. The Morgan fingerprint density at radius 3 is 2.53 bits per heavy atom. The maximum atomic E-state index is 13.8. The van der Waals surface area contributed by atoms with E-state index < -0.39 is 12.9 Å². The molecule has 98 valence electrons. The minimum absolute atomic E-state index is 0.169. The second-order valence-corrected chi connectivity index (χ2v) is 5.30. The molecule has 0 fully saturated rings. The fraction of sp³-hybridized carbons (Fsp3) is 0.143. The van der Waals surface area contributed by atoms with E-state index in [1.165, 1.54) is 12.1 Å². The number of thioether (sulfide) groups is 1. The Morgan fingerprint density at radius 1 is 1.16 bits per heavy atom. The Morgan fingerprint density at radius 2 is 1.89 bits per heavy atom. The molecule has 0 aliphatic rings. The Kier molecular flexibility index (Phi) is 4.63. The quantitative estimate of drug-likeness (QED) is 0.663. The van der Waals surface area contributed by atoms with Gasteiger partial charge in [-0.15, -0.1) is 11.8 Å². The minimum Gasteiger partial charge on any atom is -0.423 e. The molecule has 0 aliphatic heterocycles. The van der Waals surface area contributed by atoms with Crippen molar-refractivity contribution in [2.24, 2.45) is 0 Å². The number of hydrogen-bond donors (Lipinski definition) is 2. The van der Waals surface area contributed by atoms with Crippen LogP contribution >= 0.6 is 11.8 Å². The van der Waals surface area contributed by atoms with E-state index in [1.54, 1.807) is 17.8 Å². The predicted octanol–water partition coefficient (Wildman–Crippen LogP) is 2.11. The van der Waals surface area contributed by atoms with Crippen LogP contribution in [0, 0.1) is 12.7 Å². The molecule has 0 saturated heterocycles. The number of halogens is 1. The molecule has 0 heterocycles. The minimum atomic E-state index is -1.63. The molecule has 19 heavy (non-hydrogen) atoms. The third-order valence-electron chi connectivity index (χ3n) is 2.85. The monoisotopic (exact) mass is 276 g/mol. The van der Waals surface area contributed by atoms with Gasteiger partial charge in [0.05, 0.1) is 0 Å². The van der Waals surface area contributed by atoms with Crippen molar-refractivity contribution in [3.8, 4) is 0 Å². The highest BCUT2D eigenvalue weighted by atomic mass is 32.2. The lowest BCUT2D eigenvalue weighted by atomic mass is 9.80. The summed E-state index contributed by atoms with van der Waals surface area (Å²) in [6.07, 6.45) is 0. The van der Waals surface area contributed by atoms with E-state index in [0.29, 0.717) is 11.3 Å². The van der Waals surface area contributed by atoms with Crippen molar-refractivity contribution in [3.63, 3.8) is 0 Å². The SMILES string of the molecule is Cc1ccccc1SCc1ccc(B(O)O)cc1F. The zero-order valence-electron chi connectivity index (χ0n) is 10.5. The fourth-order valence-corrected chi connectivity index (χ4v) is 2.73. The fourth-order valence-electron chi connectivity index (χ4n) is 1.72. The summed E-state index contributed by atoms with van der Waals surface area (Å²) in [6.45, 7) is 2.02. The molecule has 2 aromatic rings. The summed E-state index contributed by atoms with van der Waals surface area (Å²) in [7, 11) is -1.63. The Hall–Kier alpha value is -1.30. The average molecular weight is 276 g/mol. The predicted molar refractivity (Wildman–Crippen MR) is 77.0 cm³/mol. The van der Waals surface area contributed by atoms with E-state index in [-0.39, 0.29) is 5.46 Å². The van der Waals surface area contributed by atoms with Gasteiger partial charge in [0.1, 0.15) is 5.82 Å². The molecule has 0 amide bonds. The van der Waals surface area contributed by atoms with Crippen molar-refractivity contribution in [2.75, 3.05) is 0 Å². The number of aryl methyl sites for hydroxylation is 1. The first kappa shape index (κ1) is 14.1. The van der Waals surface area contributed by atoms with Gasteiger partial charge in [-0.1, -0.05) is 30.3 Å². The highest BCUT2D eigenvalue weighted by molar-refractivity contribution is 7.98. The van der Waals surface area contributed by atoms with Gasteiger partial charge in [-0.3, -0.25) is 0 Å². The Balaban J connectivity index is 2.10. The van der Waals surface area contributed by atoms with Crippen LogP contribution in [-0.4, -0.2) is 17.2 Å². The third kappa shape index (κ3) is 3.59. The van der Waals surface area contributed by atoms with Crippen LogP contribution in [0.25, 0.3) is 0 Å². The number of rotatable bonds is 4. The zero-order valence-corrected chi connectivity index (χ0v) is 11.3. The summed E-state index contributed by atoms with van der Waals surface area (Å²) < 4.78 is 13.8. The van der Waals surface area contributed by atoms with E-state index in [1.807, 2.05) is 31.2 Å². The first-order valence-electron chi connectivity index (χ1n) is 5.91. The smallest absolute Gasteiger partial charge is 0.423 e. The standard InChI is InChI=1S/C14H14BFO2S/c1-10-4-2-3-5-14(10)19-9-11-6-7-12(15(17)18)8-13(11)16/h2-8,17-18H,9H2,1H3. The van der Waals surface area contributed by atoms with Gasteiger partial charge < -0.3 is 10.0 Å². The van der Waals surface area contributed by atoms with E-state index >= 15 is 0 Å². The largest absolute Gasteiger partial charge is 0.488 e. The molecular formula is C14H14BFO2S. The first-order valence-corrected chi connectivity index (χ1v) is 6.89. The normalized spacial score (nSPS) is 10.5. The maximum Gasteiger partial charge on any atom is 0.488 e. The van der Waals surface area contributed by atoms with Crippen LogP contribution < -0.4 is 5.46 Å². The number of benzene rings is 2. The highest BCUT2D eigenvalue weighted by Crippen LogP contribution is 2.26. The van der Waals surface area contributed by atoms with E-state index in [4.69, 9.17) is 10.0 Å². The van der Waals surface area contributed by atoms with E-state index in [0.717, 1.165) is 10.5 Å². The molecule has 2 rings (SSSR count). The van der Waals surface area contributed by atoms with Crippen LogP contribution in [0.1, 0.15) is 11.1 Å². The van der Waals surface area contributed by atoms with Crippen LogP contribution in [0.3, 0.4) is 0 Å². The molecule has 0 spiro atoms. The summed E-state index contributed by atoms with van der Waals surface area (Å²) in [5.41, 5.74) is 1.88. The van der Waals surface area contributed by atoms with Crippen molar-refractivity contribution in [2.45, 2.75) is 17.6 Å². The molecule has 0 unspecified atom stereocenters. The van der Waals surface area contributed by atoms with Crippen LogP contribution in [-0.2, 0) is 5.75 Å².